The molecule has 0 aliphatic rings. The van der Waals surface area contributed by atoms with Crippen molar-refractivity contribution in [3.8, 4) is 11.3 Å². The van der Waals surface area contributed by atoms with E-state index < -0.39 is 11.6 Å². The molecular formula is C15H11F2NOP+. The van der Waals surface area contributed by atoms with Gasteiger partial charge in [0.05, 0.1) is 5.52 Å². The summed E-state index contributed by atoms with van der Waals surface area (Å²) in [6.45, 7) is 0. The number of halogens is 2. The van der Waals surface area contributed by atoms with Crippen molar-refractivity contribution in [3.63, 3.8) is 0 Å². The van der Waals surface area contributed by atoms with E-state index in [1.54, 1.807) is 42.5 Å². The van der Waals surface area contributed by atoms with E-state index in [1.165, 1.54) is 15.2 Å². The van der Waals surface area contributed by atoms with Crippen LogP contribution in [0.4, 0.5) is 8.78 Å². The fourth-order valence-corrected chi connectivity index (χ4v) is 1.94. The molecule has 0 spiro atoms. The first-order valence-electron chi connectivity index (χ1n) is 5.80. The molecule has 0 aliphatic heterocycles. The number of hydrogen-bond acceptors (Lipinski definition) is 2. The molecule has 0 fully saturated rings. The molecule has 3 aromatic rings. The van der Waals surface area contributed by atoms with Crippen LogP contribution >= 0.6 is 9.12 Å². The fraction of sp³-hybridized carbons (Fsp3) is 0. The molecule has 1 atom stereocenters. The lowest BCUT2D eigenvalue weighted by Crippen LogP contribution is -1.96. The Bertz CT molecular complexity index is 735. The van der Waals surface area contributed by atoms with E-state index in [9.17, 15) is 8.78 Å². The normalized spacial score (nSPS) is 9.90. The van der Waals surface area contributed by atoms with E-state index in [1.807, 2.05) is 6.07 Å². The van der Waals surface area contributed by atoms with Gasteiger partial charge in [-0.05, 0) is 12.1 Å². The molecule has 1 aromatic heterocycles. The second kappa shape index (κ2) is 6.31. The minimum absolute atomic E-state index is 0.0480. The quantitative estimate of drug-likeness (QED) is 0.622. The van der Waals surface area contributed by atoms with Gasteiger partial charge in [0.25, 0.3) is 0 Å². The van der Waals surface area contributed by atoms with E-state index in [0.717, 1.165) is 0 Å². The van der Waals surface area contributed by atoms with Crippen LogP contribution in [0.15, 0.2) is 54.6 Å². The highest BCUT2D eigenvalue weighted by Gasteiger charge is 2.15. The van der Waals surface area contributed by atoms with Crippen LogP contribution < -0.4 is 0 Å². The third kappa shape index (κ3) is 2.56. The van der Waals surface area contributed by atoms with Crippen LogP contribution in [0.25, 0.3) is 22.2 Å². The summed E-state index contributed by atoms with van der Waals surface area (Å²) >= 11 is 0. The first-order chi connectivity index (χ1) is 9.77. The van der Waals surface area contributed by atoms with Gasteiger partial charge in [-0.3, -0.25) is 0 Å². The van der Waals surface area contributed by atoms with E-state index in [2.05, 4.69) is 4.98 Å². The van der Waals surface area contributed by atoms with Gasteiger partial charge in [0.2, 0.25) is 0 Å². The summed E-state index contributed by atoms with van der Waals surface area (Å²) in [4.78, 5) is 4.19. The number of para-hydroxylation sites is 1. The highest BCUT2D eigenvalue weighted by atomic mass is 31.0. The van der Waals surface area contributed by atoms with Crippen molar-refractivity contribution >= 4 is 20.0 Å². The average Bonchev–Trinajstić information content (AvgIpc) is 2.54. The Hall–Kier alpha value is -2.19. The van der Waals surface area contributed by atoms with Crippen LogP contribution in [0.2, 0.25) is 0 Å². The lowest BCUT2D eigenvalue weighted by molar-refractivity contribution is 0.516. The highest BCUT2D eigenvalue weighted by Crippen LogP contribution is 2.27. The molecule has 0 bridgehead atoms. The van der Waals surface area contributed by atoms with Crippen molar-refractivity contribution in [2.75, 3.05) is 0 Å². The van der Waals surface area contributed by atoms with Gasteiger partial charge in [-0.2, -0.15) is 0 Å². The second-order valence-corrected chi connectivity index (χ2v) is 3.97. The van der Waals surface area contributed by atoms with Crippen molar-refractivity contribution in [1.29, 1.82) is 0 Å². The molecule has 0 aliphatic carbocycles. The van der Waals surface area contributed by atoms with E-state index >= 15 is 0 Å². The molecule has 3 rings (SSSR count). The Morgan fingerprint density at radius 3 is 2.10 bits per heavy atom. The SMILES string of the molecule is Fc1c(-c2ccccc2)nc2ccccc2c1F.O=[PH2+]. The molecule has 0 radical (unpaired) electrons. The van der Waals surface area contributed by atoms with Gasteiger partial charge in [-0.15, -0.1) is 0 Å². The molecule has 2 aromatic carbocycles. The second-order valence-electron chi connectivity index (χ2n) is 3.97. The topological polar surface area (TPSA) is 30.0 Å². The number of nitrogens with zero attached hydrogens (tertiary/aromatic N) is 1. The molecule has 1 unspecified atom stereocenters. The number of aromatic nitrogens is 1. The van der Waals surface area contributed by atoms with Gasteiger partial charge < -0.3 is 0 Å². The molecule has 100 valence electrons. The molecule has 1 heterocycles. The first-order valence-corrected chi connectivity index (χ1v) is 6.27. The van der Waals surface area contributed by atoms with Gasteiger partial charge >= 0.3 is 9.12 Å². The highest BCUT2D eigenvalue weighted by molar-refractivity contribution is 7.00. The molecular weight excluding hydrogens is 279 g/mol. The Labute approximate surface area is 116 Å². The summed E-state index contributed by atoms with van der Waals surface area (Å²) < 4.78 is 36.1. The summed E-state index contributed by atoms with van der Waals surface area (Å²) in [5.41, 5.74) is 1.07. The van der Waals surface area contributed by atoms with Crippen LogP contribution in [-0.4, -0.2) is 4.98 Å². The molecule has 0 saturated heterocycles. The summed E-state index contributed by atoms with van der Waals surface area (Å²) in [5.74, 6) is -1.75. The summed E-state index contributed by atoms with van der Waals surface area (Å²) in [7, 11) is 1.17. The van der Waals surface area contributed by atoms with Crippen LogP contribution in [0.5, 0.6) is 0 Å². The fourth-order valence-electron chi connectivity index (χ4n) is 1.94. The Morgan fingerprint density at radius 1 is 0.800 bits per heavy atom. The van der Waals surface area contributed by atoms with Gasteiger partial charge in [0, 0.05) is 10.9 Å². The van der Waals surface area contributed by atoms with Crippen LogP contribution in [0.1, 0.15) is 0 Å². The number of rotatable bonds is 1. The third-order valence-electron chi connectivity index (χ3n) is 2.82. The number of hydrogen-bond donors (Lipinski definition) is 0. The van der Waals surface area contributed by atoms with E-state index in [0.29, 0.717) is 11.1 Å². The van der Waals surface area contributed by atoms with Gasteiger partial charge in [-0.1, -0.05) is 47.0 Å². The lowest BCUT2D eigenvalue weighted by Gasteiger charge is -2.06. The minimum Gasteiger partial charge on any atom is -0.244 e. The molecule has 0 saturated carbocycles. The number of pyridine rings is 1. The van der Waals surface area contributed by atoms with Crippen molar-refractivity contribution in [1.82, 2.24) is 4.98 Å². The average molecular weight is 290 g/mol. The summed E-state index contributed by atoms with van der Waals surface area (Å²) in [6.07, 6.45) is 0. The van der Waals surface area contributed by atoms with Crippen molar-refractivity contribution < 1.29 is 13.3 Å². The Morgan fingerprint density at radius 2 is 1.40 bits per heavy atom. The molecule has 5 heteroatoms. The lowest BCUT2D eigenvalue weighted by atomic mass is 10.1. The van der Waals surface area contributed by atoms with Crippen molar-refractivity contribution in [3.05, 3.63) is 66.2 Å². The van der Waals surface area contributed by atoms with Crippen molar-refractivity contribution in [2.24, 2.45) is 0 Å². The maximum Gasteiger partial charge on any atom is 0.310 e. The third-order valence-corrected chi connectivity index (χ3v) is 2.82. The monoisotopic (exact) mass is 290 g/mol. The van der Waals surface area contributed by atoms with Crippen molar-refractivity contribution in [2.45, 2.75) is 0 Å². The minimum atomic E-state index is -0.903. The van der Waals surface area contributed by atoms with Gasteiger partial charge in [0.15, 0.2) is 11.6 Å². The molecule has 0 amide bonds. The zero-order valence-electron chi connectivity index (χ0n) is 10.4. The molecule has 20 heavy (non-hydrogen) atoms. The van der Waals surface area contributed by atoms with E-state index in [4.69, 9.17) is 4.57 Å². The van der Waals surface area contributed by atoms with Gasteiger partial charge in [-0.25, -0.2) is 13.8 Å². The Kier molecular flexibility index (Phi) is 4.49. The maximum absolute atomic E-state index is 14.0. The summed E-state index contributed by atoms with van der Waals surface area (Å²) in [6, 6.07) is 15.4. The largest absolute Gasteiger partial charge is 0.310 e. The van der Waals surface area contributed by atoms with E-state index in [-0.39, 0.29) is 11.1 Å². The maximum atomic E-state index is 14.0. The number of benzene rings is 2. The van der Waals surface area contributed by atoms with Gasteiger partial charge in [0.1, 0.15) is 5.69 Å². The zero-order chi connectivity index (χ0) is 14.5. The molecule has 0 N–H and O–H groups in total. The standard InChI is InChI=1S/C15H9F2N.H2OP/c16-13-11-8-4-5-9-12(11)18-15(14(13)17)10-6-2-1-3-7-10;1-2/h1-9H;2H2/q;+1. The Balaban J connectivity index is 0.000000704. The van der Waals surface area contributed by atoms with Crippen LogP contribution in [-0.2, 0) is 4.57 Å². The smallest absolute Gasteiger partial charge is 0.244 e. The predicted molar refractivity (Wildman–Crippen MR) is 77.5 cm³/mol. The molecule has 2 nitrogen and oxygen atoms in total. The first kappa shape index (κ1) is 14.2. The zero-order valence-corrected chi connectivity index (χ0v) is 11.5. The van der Waals surface area contributed by atoms with Crippen LogP contribution in [0.3, 0.4) is 0 Å². The van der Waals surface area contributed by atoms with Crippen LogP contribution in [0, 0.1) is 11.6 Å². The summed E-state index contributed by atoms with van der Waals surface area (Å²) in [5, 5.41) is 0.203. The predicted octanol–water partition coefficient (Wildman–Crippen LogP) is 4.39. The number of fused-ring (bicyclic) bond motifs is 1.